The largest absolute Gasteiger partial charge is 0.507 e. The van der Waals surface area contributed by atoms with Crippen LogP contribution in [-0.2, 0) is 12.8 Å². The summed E-state index contributed by atoms with van der Waals surface area (Å²) in [6.45, 7) is 3.94. The van der Waals surface area contributed by atoms with Gasteiger partial charge < -0.3 is 24.8 Å². The van der Waals surface area contributed by atoms with Gasteiger partial charge in [-0.15, -0.1) is 0 Å². The molecular formula is C23H27ClO7. The Bertz CT molecular complexity index is 969. The molecule has 0 aliphatic carbocycles. The number of methoxy groups -OCH3 is 1. The molecule has 0 aromatic heterocycles. The lowest BCUT2D eigenvalue weighted by Crippen LogP contribution is -2.13. The third kappa shape index (κ3) is 5.61. The molecule has 0 aliphatic rings. The number of carboxylic acids is 1. The van der Waals surface area contributed by atoms with E-state index < -0.39 is 23.4 Å². The minimum absolute atomic E-state index is 0.0206. The van der Waals surface area contributed by atoms with Crippen LogP contribution in [0.5, 0.6) is 23.0 Å². The molecule has 7 nitrogen and oxygen atoms in total. The number of hydrogen-bond donors (Lipinski definition) is 3. The number of unbranched alkanes of at least 4 members (excludes halogenated alkanes) is 2. The first-order valence-corrected chi connectivity index (χ1v) is 10.5. The van der Waals surface area contributed by atoms with Crippen molar-refractivity contribution >= 4 is 23.5 Å². The van der Waals surface area contributed by atoms with Gasteiger partial charge in [0, 0.05) is 6.07 Å². The zero-order chi connectivity index (χ0) is 23.1. The predicted octanol–water partition coefficient (Wildman–Crippen LogP) is 5.36. The summed E-state index contributed by atoms with van der Waals surface area (Å²) >= 11 is 6.11. The van der Waals surface area contributed by atoms with Crippen molar-refractivity contribution in [3.8, 4) is 23.0 Å². The van der Waals surface area contributed by atoms with E-state index in [-0.39, 0.29) is 27.6 Å². The van der Waals surface area contributed by atoms with Gasteiger partial charge in [-0.3, -0.25) is 0 Å². The highest BCUT2D eigenvalue weighted by atomic mass is 35.5. The number of hydrogen-bond acceptors (Lipinski definition) is 6. The molecule has 0 amide bonds. The van der Waals surface area contributed by atoms with E-state index >= 15 is 0 Å². The molecule has 2 aromatic rings. The summed E-state index contributed by atoms with van der Waals surface area (Å²) in [5, 5.41) is 30.0. The maximum Gasteiger partial charge on any atom is 0.347 e. The summed E-state index contributed by atoms with van der Waals surface area (Å²) in [6.07, 6.45) is 4.14. The summed E-state index contributed by atoms with van der Waals surface area (Å²) in [5.41, 5.74) is 0.565. The number of aromatic carboxylic acids is 1. The molecule has 0 bridgehead atoms. The summed E-state index contributed by atoms with van der Waals surface area (Å²) in [6, 6.07) is 4.08. The molecule has 0 spiro atoms. The van der Waals surface area contributed by atoms with Crippen LogP contribution in [0, 0.1) is 0 Å². The number of esters is 1. The number of ether oxygens (including phenoxy) is 2. The number of aromatic hydroxyl groups is 2. The van der Waals surface area contributed by atoms with Gasteiger partial charge in [0.1, 0.15) is 33.4 Å². The Kier molecular flexibility index (Phi) is 8.56. The van der Waals surface area contributed by atoms with Crippen LogP contribution in [0.4, 0.5) is 0 Å². The van der Waals surface area contributed by atoms with Crippen LogP contribution in [-0.4, -0.2) is 34.4 Å². The maximum atomic E-state index is 12.9. The van der Waals surface area contributed by atoms with Crippen LogP contribution in [0.1, 0.15) is 71.4 Å². The third-order valence-electron chi connectivity index (χ3n) is 4.88. The van der Waals surface area contributed by atoms with Crippen LogP contribution in [0.15, 0.2) is 18.2 Å². The van der Waals surface area contributed by atoms with E-state index in [9.17, 15) is 24.9 Å². The van der Waals surface area contributed by atoms with Crippen LogP contribution in [0.2, 0.25) is 5.02 Å². The number of phenols is 2. The molecule has 0 saturated heterocycles. The number of benzene rings is 2. The molecule has 0 heterocycles. The molecular weight excluding hydrogens is 424 g/mol. The number of carbonyl (C=O) groups is 2. The second-order valence-electron chi connectivity index (χ2n) is 7.15. The second-order valence-corrected chi connectivity index (χ2v) is 7.53. The van der Waals surface area contributed by atoms with Gasteiger partial charge in [0.05, 0.1) is 7.11 Å². The highest BCUT2D eigenvalue weighted by Crippen LogP contribution is 2.40. The Balaban J connectivity index is 2.45. The number of phenolic OH excluding ortho intramolecular Hbond substituents is 1. The van der Waals surface area contributed by atoms with E-state index in [1.807, 2.05) is 13.8 Å². The van der Waals surface area contributed by atoms with Crippen molar-refractivity contribution in [1.29, 1.82) is 0 Å². The van der Waals surface area contributed by atoms with Gasteiger partial charge >= 0.3 is 11.9 Å². The van der Waals surface area contributed by atoms with Crippen molar-refractivity contribution in [3.63, 3.8) is 0 Å². The number of aryl methyl sites for hydroxylation is 2. The Hall–Kier alpha value is -2.93. The van der Waals surface area contributed by atoms with Crippen molar-refractivity contribution in [2.45, 2.75) is 52.4 Å². The fourth-order valence-corrected chi connectivity index (χ4v) is 3.62. The summed E-state index contributed by atoms with van der Waals surface area (Å²) in [5.74, 6) is -2.85. The molecule has 31 heavy (non-hydrogen) atoms. The molecule has 2 aromatic carbocycles. The summed E-state index contributed by atoms with van der Waals surface area (Å²) < 4.78 is 10.6. The topological polar surface area (TPSA) is 113 Å². The number of rotatable bonds is 10. The van der Waals surface area contributed by atoms with Crippen molar-refractivity contribution in [3.05, 3.63) is 45.5 Å². The highest BCUT2D eigenvalue weighted by Gasteiger charge is 2.25. The number of halogens is 1. The van der Waals surface area contributed by atoms with Crippen molar-refractivity contribution in [2.24, 2.45) is 0 Å². The minimum atomic E-state index is -1.26. The van der Waals surface area contributed by atoms with Crippen LogP contribution >= 0.6 is 11.6 Å². The Labute approximate surface area is 186 Å². The van der Waals surface area contributed by atoms with Gasteiger partial charge in [0.15, 0.2) is 5.75 Å². The number of carboxylic acid groups (broad SMARTS) is 1. The van der Waals surface area contributed by atoms with E-state index in [1.54, 1.807) is 6.07 Å². The van der Waals surface area contributed by atoms with E-state index in [1.165, 1.54) is 13.2 Å². The third-order valence-corrected chi connectivity index (χ3v) is 5.24. The minimum Gasteiger partial charge on any atom is -0.507 e. The fourth-order valence-electron chi connectivity index (χ4n) is 3.40. The SMILES string of the molecule is CCCCCc1cc(OC(=O)c2c(CCC)cc(OC)c(Cl)c2O)cc(O)c1C(=O)O. The average molecular weight is 451 g/mol. The average Bonchev–Trinajstić information content (AvgIpc) is 2.70. The Morgan fingerprint density at radius 1 is 0.968 bits per heavy atom. The van der Waals surface area contributed by atoms with E-state index in [2.05, 4.69) is 0 Å². The number of carbonyl (C=O) groups excluding carboxylic acids is 1. The van der Waals surface area contributed by atoms with Crippen molar-refractivity contribution < 1.29 is 34.4 Å². The first kappa shape index (κ1) is 24.3. The van der Waals surface area contributed by atoms with E-state index in [0.29, 0.717) is 30.4 Å². The summed E-state index contributed by atoms with van der Waals surface area (Å²) in [7, 11) is 1.40. The molecule has 0 radical (unpaired) electrons. The van der Waals surface area contributed by atoms with Gasteiger partial charge in [-0.25, -0.2) is 9.59 Å². The molecule has 0 fully saturated rings. The molecule has 0 saturated carbocycles. The molecule has 0 aliphatic heterocycles. The van der Waals surface area contributed by atoms with E-state index in [0.717, 1.165) is 25.3 Å². The van der Waals surface area contributed by atoms with Gasteiger partial charge in [-0.2, -0.15) is 0 Å². The fraction of sp³-hybridized carbons (Fsp3) is 0.391. The first-order valence-electron chi connectivity index (χ1n) is 10.1. The molecule has 8 heteroatoms. The molecule has 0 atom stereocenters. The zero-order valence-corrected chi connectivity index (χ0v) is 18.6. The highest BCUT2D eigenvalue weighted by molar-refractivity contribution is 6.34. The van der Waals surface area contributed by atoms with Gasteiger partial charge in [0.25, 0.3) is 0 Å². The molecule has 168 valence electrons. The Morgan fingerprint density at radius 3 is 2.23 bits per heavy atom. The van der Waals surface area contributed by atoms with E-state index in [4.69, 9.17) is 21.1 Å². The summed E-state index contributed by atoms with van der Waals surface area (Å²) in [4.78, 5) is 24.5. The Morgan fingerprint density at radius 2 is 1.65 bits per heavy atom. The molecule has 3 N–H and O–H groups in total. The predicted molar refractivity (Wildman–Crippen MR) is 117 cm³/mol. The zero-order valence-electron chi connectivity index (χ0n) is 17.8. The van der Waals surface area contributed by atoms with Crippen LogP contribution < -0.4 is 9.47 Å². The maximum absolute atomic E-state index is 12.9. The lowest BCUT2D eigenvalue weighted by molar-refractivity contribution is 0.0692. The quantitative estimate of drug-likeness (QED) is 0.253. The first-order chi connectivity index (χ1) is 14.7. The van der Waals surface area contributed by atoms with Crippen LogP contribution in [0.3, 0.4) is 0 Å². The standard InChI is InChI=1S/C23H27ClO7/c1-4-6-7-9-14-10-15(12-16(25)18(14)22(27)28)31-23(29)19-13(8-5-2)11-17(30-3)20(24)21(19)26/h10-12,25-26H,4-9H2,1-3H3,(H,27,28). The normalized spacial score (nSPS) is 10.7. The monoisotopic (exact) mass is 450 g/mol. The molecule has 0 unspecified atom stereocenters. The van der Waals surface area contributed by atoms with Gasteiger partial charge in [-0.1, -0.05) is 44.7 Å². The van der Waals surface area contributed by atoms with Crippen molar-refractivity contribution in [1.82, 2.24) is 0 Å². The second kappa shape index (κ2) is 10.9. The van der Waals surface area contributed by atoms with Gasteiger partial charge in [0.2, 0.25) is 0 Å². The van der Waals surface area contributed by atoms with Crippen molar-refractivity contribution in [2.75, 3.05) is 7.11 Å². The lowest BCUT2D eigenvalue weighted by atomic mass is 9.99. The molecule has 2 rings (SSSR count). The smallest absolute Gasteiger partial charge is 0.347 e. The lowest BCUT2D eigenvalue weighted by Gasteiger charge is -2.16. The van der Waals surface area contributed by atoms with Crippen LogP contribution in [0.25, 0.3) is 0 Å². The van der Waals surface area contributed by atoms with Gasteiger partial charge in [-0.05, 0) is 42.5 Å².